The number of hydrazine groups is 1. The van der Waals surface area contributed by atoms with Gasteiger partial charge in [0.25, 0.3) is 11.8 Å². The molecule has 0 unspecified atom stereocenters. The number of para-hydroxylation sites is 1. The van der Waals surface area contributed by atoms with Crippen LogP contribution in [0.25, 0.3) is 0 Å². The quantitative estimate of drug-likeness (QED) is 0.740. The molecule has 0 radical (unpaired) electrons. The fourth-order valence-electron chi connectivity index (χ4n) is 3.76. The van der Waals surface area contributed by atoms with Crippen LogP contribution >= 0.6 is 11.8 Å². The van der Waals surface area contributed by atoms with Gasteiger partial charge in [-0.2, -0.15) is 5.01 Å². The number of anilines is 1. The first-order chi connectivity index (χ1) is 14.0. The van der Waals surface area contributed by atoms with E-state index in [2.05, 4.69) is 10.7 Å². The van der Waals surface area contributed by atoms with Crippen molar-refractivity contribution in [3.63, 3.8) is 0 Å². The molecule has 1 saturated heterocycles. The highest BCUT2D eigenvalue weighted by Crippen LogP contribution is 2.34. The Hall–Kier alpha value is -3.00. The second-order valence-electron chi connectivity index (χ2n) is 6.97. The lowest BCUT2D eigenvalue weighted by atomic mass is 9.87. The molecule has 2 aliphatic rings. The number of nitrogens with one attached hydrogen (secondary N) is 2. The second kappa shape index (κ2) is 7.79. The van der Waals surface area contributed by atoms with Crippen LogP contribution in [0, 0.1) is 0 Å². The van der Waals surface area contributed by atoms with Crippen molar-refractivity contribution in [2.24, 2.45) is 0 Å². The molecule has 4 amide bonds. The number of amides is 4. The third kappa shape index (κ3) is 3.44. The van der Waals surface area contributed by atoms with Crippen LogP contribution in [-0.2, 0) is 15.1 Å². The number of nitrogens with zero attached hydrogens (tertiary/aromatic N) is 2. The van der Waals surface area contributed by atoms with E-state index in [1.165, 1.54) is 0 Å². The summed E-state index contributed by atoms with van der Waals surface area (Å²) in [5, 5.41) is 3.57. The molecule has 0 spiro atoms. The first kappa shape index (κ1) is 19.3. The van der Waals surface area contributed by atoms with Gasteiger partial charge in [0.05, 0.1) is 12.2 Å². The van der Waals surface area contributed by atoms with Gasteiger partial charge in [-0.25, -0.2) is 4.79 Å². The van der Waals surface area contributed by atoms with Crippen molar-refractivity contribution in [2.45, 2.75) is 23.8 Å². The van der Waals surface area contributed by atoms with Crippen LogP contribution in [0.2, 0.25) is 0 Å². The van der Waals surface area contributed by atoms with Gasteiger partial charge in [-0.3, -0.25) is 15.0 Å². The van der Waals surface area contributed by atoms with Gasteiger partial charge in [-0.1, -0.05) is 49.4 Å². The topological polar surface area (TPSA) is 81.8 Å². The summed E-state index contributed by atoms with van der Waals surface area (Å²) in [5.41, 5.74) is 3.02. The van der Waals surface area contributed by atoms with Crippen LogP contribution in [0.3, 0.4) is 0 Å². The minimum atomic E-state index is -1.17. The molecule has 1 fully saturated rings. The molecule has 2 aliphatic heterocycles. The molecular weight excluding hydrogens is 388 g/mol. The van der Waals surface area contributed by atoms with Gasteiger partial charge in [0.2, 0.25) is 0 Å². The smallest absolute Gasteiger partial charge is 0.344 e. The standard InChI is InChI=1S/C21H22N4O3S/c1-2-21(15-8-4-3-5-9-15)19(27)25(20(28)22-21)23-18(26)14-24-12-13-29-17-11-7-6-10-16(17)24/h3-11H,2,12-14H2,1H3,(H,22,28)(H,23,26)/t21-/m1/s1. The number of carbonyl (C=O) groups is 3. The number of hydrogen-bond donors (Lipinski definition) is 2. The van der Waals surface area contributed by atoms with E-state index in [0.29, 0.717) is 12.0 Å². The van der Waals surface area contributed by atoms with Crippen LogP contribution in [0.1, 0.15) is 18.9 Å². The van der Waals surface area contributed by atoms with Gasteiger partial charge < -0.3 is 10.2 Å². The second-order valence-corrected chi connectivity index (χ2v) is 8.11. The number of carbonyl (C=O) groups excluding carboxylic acids is 3. The number of thioether (sulfide) groups is 1. The van der Waals surface area contributed by atoms with Crippen LogP contribution in [-0.4, -0.2) is 41.7 Å². The molecule has 2 heterocycles. The molecular formula is C21H22N4O3S. The Labute approximate surface area is 173 Å². The Kier molecular flexibility index (Phi) is 5.19. The maximum atomic E-state index is 13.1. The number of urea groups is 1. The predicted molar refractivity (Wildman–Crippen MR) is 111 cm³/mol. The van der Waals surface area contributed by atoms with Crippen LogP contribution in [0.4, 0.5) is 10.5 Å². The summed E-state index contributed by atoms with van der Waals surface area (Å²) in [7, 11) is 0. The minimum absolute atomic E-state index is 0.0685. The van der Waals surface area contributed by atoms with E-state index in [-0.39, 0.29) is 6.54 Å². The maximum absolute atomic E-state index is 13.1. The van der Waals surface area contributed by atoms with Crippen LogP contribution in [0.15, 0.2) is 59.5 Å². The molecule has 0 saturated carbocycles. The molecule has 2 aromatic carbocycles. The molecule has 0 aromatic heterocycles. The van der Waals surface area contributed by atoms with Gasteiger partial charge in [0.15, 0.2) is 0 Å². The molecule has 0 aliphatic carbocycles. The van der Waals surface area contributed by atoms with E-state index >= 15 is 0 Å². The minimum Gasteiger partial charge on any atom is -0.360 e. The SMILES string of the molecule is CC[C@]1(c2ccccc2)NC(=O)N(NC(=O)CN2CCSc3ccccc32)C1=O. The van der Waals surface area contributed by atoms with E-state index < -0.39 is 23.4 Å². The Morgan fingerprint density at radius 1 is 1.14 bits per heavy atom. The van der Waals surface area contributed by atoms with Crippen molar-refractivity contribution in [3.05, 3.63) is 60.2 Å². The number of imide groups is 1. The van der Waals surface area contributed by atoms with Crippen molar-refractivity contribution < 1.29 is 14.4 Å². The van der Waals surface area contributed by atoms with Gasteiger partial charge in [0.1, 0.15) is 5.54 Å². The fraction of sp³-hybridized carbons (Fsp3) is 0.286. The Balaban J connectivity index is 1.49. The molecule has 0 bridgehead atoms. The molecule has 2 N–H and O–H groups in total. The van der Waals surface area contributed by atoms with E-state index in [1.54, 1.807) is 23.9 Å². The number of benzene rings is 2. The Morgan fingerprint density at radius 2 is 1.86 bits per heavy atom. The van der Waals surface area contributed by atoms with E-state index in [1.807, 2.05) is 54.3 Å². The maximum Gasteiger partial charge on any atom is 0.344 e. The molecule has 1 atom stereocenters. The Morgan fingerprint density at radius 3 is 2.62 bits per heavy atom. The van der Waals surface area contributed by atoms with E-state index in [4.69, 9.17) is 0 Å². The average molecular weight is 410 g/mol. The fourth-order valence-corrected chi connectivity index (χ4v) is 4.81. The highest BCUT2D eigenvalue weighted by atomic mass is 32.2. The van der Waals surface area contributed by atoms with E-state index in [9.17, 15) is 14.4 Å². The lowest BCUT2D eigenvalue weighted by Gasteiger charge is -2.30. The van der Waals surface area contributed by atoms with Gasteiger partial charge in [-0.05, 0) is 24.1 Å². The number of hydrogen-bond acceptors (Lipinski definition) is 5. The van der Waals surface area contributed by atoms with Crippen molar-refractivity contribution in [3.8, 4) is 0 Å². The summed E-state index contributed by atoms with van der Waals surface area (Å²) < 4.78 is 0. The Bertz CT molecular complexity index is 952. The third-order valence-electron chi connectivity index (χ3n) is 5.28. The number of fused-ring (bicyclic) bond motifs is 1. The van der Waals surface area contributed by atoms with Gasteiger partial charge in [0, 0.05) is 17.2 Å². The zero-order chi connectivity index (χ0) is 20.4. The van der Waals surface area contributed by atoms with E-state index in [0.717, 1.165) is 27.9 Å². The third-order valence-corrected chi connectivity index (χ3v) is 6.33. The zero-order valence-corrected chi connectivity index (χ0v) is 16.9. The normalized spacial score (nSPS) is 21.0. The highest BCUT2D eigenvalue weighted by molar-refractivity contribution is 7.99. The van der Waals surface area contributed by atoms with Gasteiger partial charge >= 0.3 is 6.03 Å². The predicted octanol–water partition coefficient (Wildman–Crippen LogP) is 2.49. The largest absolute Gasteiger partial charge is 0.360 e. The molecule has 7 nitrogen and oxygen atoms in total. The number of rotatable bonds is 5. The first-order valence-electron chi connectivity index (χ1n) is 9.53. The lowest BCUT2D eigenvalue weighted by Crippen LogP contribution is -2.51. The summed E-state index contributed by atoms with van der Waals surface area (Å²) in [6, 6.07) is 16.4. The molecule has 29 heavy (non-hydrogen) atoms. The van der Waals surface area contributed by atoms with Crippen LogP contribution in [0.5, 0.6) is 0 Å². The van der Waals surface area contributed by atoms with Crippen molar-refractivity contribution in [1.29, 1.82) is 0 Å². The molecule has 150 valence electrons. The monoisotopic (exact) mass is 410 g/mol. The zero-order valence-electron chi connectivity index (χ0n) is 16.1. The van der Waals surface area contributed by atoms with Crippen molar-refractivity contribution in [1.82, 2.24) is 15.8 Å². The lowest BCUT2D eigenvalue weighted by molar-refractivity contribution is -0.139. The summed E-state index contributed by atoms with van der Waals surface area (Å²) in [6.45, 7) is 2.62. The molecule has 4 rings (SSSR count). The summed E-state index contributed by atoms with van der Waals surface area (Å²) >= 11 is 1.75. The van der Waals surface area contributed by atoms with Crippen molar-refractivity contribution >= 4 is 35.3 Å². The summed E-state index contributed by atoms with van der Waals surface area (Å²) in [6.07, 6.45) is 0.380. The van der Waals surface area contributed by atoms with Crippen LogP contribution < -0.4 is 15.6 Å². The summed E-state index contributed by atoms with van der Waals surface area (Å²) in [5.74, 6) is -0.00489. The van der Waals surface area contributed by atoms with Gasteiger partial charge in [-0.15, -0.1) is 11.8 Å². The molecule has 8 heteroatoms. The first-order valence-corrected chi connectivity index (χ1v) is 10.5. The average Bonchev–Trinajstić information content (AvgIpc) is 3.00. The highest BCUT2D eigenvalue weighted by Gasteiger charge is 2.52. The summed E-state index contributed by atoms with van der Waals surface area (Å²) in [4.78, 5) is 41.4. The van der Waals surface area contributed by atoms with Crippen molar-refractivity contribution in [2.75, 3.05) is 23.7 Å². The molecule has 2 aromatic rings.